The van der Waals surface area contributed by atoms with Crippen LogP contribution in [0, 0.1) is 0 Å². The number of hydrogen-bond donors (Lipinski definition) is 0. The molecule has 1 unspecified atom stereocenters. The van der Waals surface area contributed by atoms with Gasteiger partial charge in [0.05, 0.1) is 0 Å². The van der Waals surface area contributed by atoms with Crippen molar-refractivity contribution in [2.45, 2.75) is 97.5 Å². The van der Waals surface area contributed by atoms with Gasteiger partial charge in [0, 0.05) is 0 Å². The minimum absolute atomic E-state index is 0.482. The number of rotatable bonds is 4. The second kappa shape index (κ2) is 6.10. The Labute approximate surface area is 119 Å². The summed E-state index contributed by atoms with van der Waals surface area (Å²) in [6.45, 7) is 23.5. The van der Waals surface area contributed by atoms with Gasteiger partial charge in [-0.15, -0.1) is 0 Å². The van der Waals surface area contributed by atoms with E-state index in [9.17, 15) is 0 Å². The second-order valence-corrected chi connectivity index (χ2v) is 18.9. The van der Waals surface area contributed by atoms with Crippen molar-refractivity contribution in [1.29, 1.82) is 0 Å². The third-order valence-corrected chi connectivity index (χ3v) is 21.3. The summed E-state index contributed by atoms with van der Waals surface area (Å²) in [6, 6.07) is 0. The molecule has 0 nitrogen and oxygen atoms in total. The molecule has 0 radical (unpaired) electrons. The Bertz CT molecular complexity index is 212. The van der Waals surface area contributed by atoms with Crippen LogP contribution in [0.3, 0.4) is 0 Å². The molecule has 0 rings (SSSR count). The fourth-order valence-electron chi connectivity index (χ4n) is 4.62. The maximum absolute atomic E-state index is 2.51. The Morgan fingerprint density at radius 1 is 0.722 bits per heavy atom. The molecular formula is C16H38P2. The van der Waals surface area contributed by atoms with Gasteiger partial charge in [0.1, 0.15) is 0 Å². The molecule has 0 aromatic heterocycles. The van der Waals surface area contributed by atoms with Gasteiger partial charge in [0.25, 0.3) is 0 Å². The Morgan fingerprint density at radius 2 is 1.06 bits per heavy atom. The van der Waals surface area contributed by atoms with Gasteiger partial charge in [0.15, 0.2) is 0 Å². The van der Waals surface area contributed by atoms with Crippen molar-refractivity contribution in [2.24, 2.45) is 0 Å². The summed E-state index contributed by atoms with van der Waals surface area (Å²) in [7, 11) is 1.19. The number of unbranched alkanes of at least 4 members (excludes halogenated alkanes) is 1. The fraction of sp³-hybridized carbons (Fsp3) is 1.00. The molecule has 0 saturated carbocycles. The molecule has 2 heteroatoms. The molecule has 0 aromatic carbocycles. The van der Waals surface area contributed by atoms with E-state index in [4.69, 9.17) is 0 Å². The molecular weight excluding hydrogens is 254 g/mol. The molecule has 112 valence electrons. The normalized spacial score (nSPS) is 16.6. The molecule has 0 fully saturated rings. The van der Waals surface area contributed by atoms with Crippen LogP contribution >= 0.6 is 15.2 Å². The Morgan fingerprint density at radius 3 is 1.28 bits per heavy atom. The van der Waals surface area contributed by atoms with Gasteiger partial charge < -0.3 is 0 Å². The fourth-order valence-corrected chi connectivity index (χ4v) is 20.3. The topological polar surface area (TPSA) is 0 Å². The standard InChI is InChI=1S/C16H38P2/c1-11-12-13-17-18(14(2,3)4,15(5,6)7)16(8,9)10/h17-18H,11-13H2,1-10H3. The monoisotopic (exact) mass is 292 g/mol. The van der Waals surface area contributed by atoms with E-state index in [0.717, 1.165) is 0 Å². The molecule has 0 aromatic rings. The van der Waals surface area contributed by atoms with Gasteiger partial charge in [-0.1, -0.05) is 0 Å². The molecule has 0 saturated heterocycles. The predicted octanol–water partition coefficient (Wildman–Crippen LogP) is 6.53. The Kier molecular flexibility index (Phi) is 6.39. The van der Waals surface area contributed by atoms with Crippen LogP contribution in [0.25, 0.3) is 0 Å². The van der Waals surface area contributed by atoms with Crippen LogP contribution in [0.4, 0.5) is 0 Å². The van der Waals surface area contributed by atoms with Gasteiger partial charge >= 0.3 is 119 Å². The van der Waals surface area contributed by atoms with Gasteiger partial charge in [-0.05, 0) is 0 Å². The summed E-state index contributed by atoms with van der Waals surface area (Å²) >= 11 is 0. The second-order valence-electron chi connectivity index (χ2n) is 8.78. The molecule has 0 N–H and O–H groups in total. The van der Waals surface area contributed by atoms with Gasteiger partial charge in [0.2, 0.25) is 0 Å². The van der Waals surface area contributed by atoms with Crippen LogP contribution in [0.15, 0.2) is 0 Å². The predicted molar refractivity (Wildman–Crippen MR) is 95.7 cm³/mol. The summed E-state index contributed by atoms with van der Waals surface area (Å²) in [5, 5.41) is 1.45. The molecule has 0 aliphatic carbocycles. The molecule has 0 aliphatic rings. The Hall–Kier alpha value is 0.860. The quantitative estimate of drug-likeness (QED) is 0.408. The summed E-state index contributed by atoms with van der Waals surface area (Å²) in [6.07, 6.45) is 4.21. The van der Waals surface area contributed by atoms with Crippen molar-refractivity contribution in [3.05, 3.63) is 0 Å². The molecule has 0 aliphatic heterocycles. The van der Waals surface area contributed by atoms with Crippen molar-refractivity contribution >= 4 is 15.2 Å². The molecule has 0 amide bonds. The van der Waals surface area contributed by atoms with E-state index < -0.39 is 6.95 Å². The average molecular weight is 292 g/mol. The summed E-state index contributed by atoms with van der Waals surface area (Å²) in [5.41, 5.74) is 0. The Balaban J connectivity index is 5.61. The van der Waals surface area contributed by atoms with E-state index in [1.807, 2.05) is 0 Å². The zero-order valence-corrected chi connectivity index (χ0v) is 16.6. The molecule has 1 atom stereocenters. The van der Waals surface area contributed by atoms with Gasteiger partial charge in [-0.3, -0.25) is 0 Å². The van der Waals surface area contributed by atoms with Crippen LogP contribution in [0.1, 0.15) is 82.1 Å². The summed E-state index contributed by atoms with van der Waals surface area (Å²) < 4.78 is 0. The van der Waals surface area contributed by atoms with Gasteiger partial charge in [-0.2, -0.15) is 0 Å². The van der Waals surface area contributed by atoms with E-state index in [1.54, 1.807) is 0 Å². The van der Waals surface area contributed by atoms with Crippen LogP contribution in [-0.4, -0.2) is 21.6 Å². The molecule has 0 bridgehead atoms. The van der Waals surface area contributed by atoms with Gasteiger partial charge in [-0.25, -0.2) is 0 Å². The summed E-state index contributed by atoms with van der Waals surface area (Å²) in [5.74, 6) is 0. The SMILES string of the molecule is CCCCP[PH](C(C)(C)C)(C(C)(C)C)C(C)(C)C. The van der Waals surface area contributed by atoms with Crippen LogP contribution in [0.2, 0.25) is 0 Å². The van der Waals surface area contributed by atoms with E-state index in [2.05, 4.69) is 69.2 Å². The molecule has 18 heavy (non-hydrogen) atoms. The van der Waals surface area contributed by atoms with E-state index >= 15 is 0 Å². The van der Waals surface area contributed by atoms with Crippen LogP contribution < -0.4 is 0 Å². The van der Waals surface area contributed by atoms with Crippen LogP contribution in [0.5, 0.6) is 0 Å². The van der Waals surface area contributed by atoms with Crippen molar-refractivity contribution in [3.63, 3.8) is 0 Å². The maximum atomic E-state index is 2.51. The van der Waals surface area contributed by atoms with E-state index in [0.29, 0.717) is 15.5 Å². The van der Waals surface area contributed by atoms with Crippen molar-refractivity contribution in [1.82, 2.24) is 0 Å². The first kappa shape index (κ1) is 18.9. The summed E-state index contributed by atoms with van der Waals surface area (Å²) in [4.78, 5) is 0. The zero-order chi connectivity index (χ0) is 14.8. The first-order valence-electron chi connectivity index (χ1n) is 7.56. The van der Waals surface area contributed by atoms with Crippen molar-refractivity contribution < 1.29 is 0 Å². The van der Waals surface area contributed by atoms with Crippen LogP contribution in [-0.2, 0) is 0 Å². The first-order valence-corrected chi connectivity index (χ1v) is 11.8. The molecule has 0 heterocycles. The van der Waals surface area contributed by atoms with E-state index in [1.165, 1.54) is 27.3 Å². The minimum atomic E-state index is -1.41. The number of hydrogen-bond acceptors (Lipinski definition) is 0. The third kappa shape index (κ3) is 3.70. The average Bonchev–Trinajstić information content (AvgIpc) is 2.05. The zero-order valence-electron chi connectivity index (χ0n) is 14.6. The van der Waals surface area contributed by atoms with Crippen molar-refractivity contribution in [3.8, 4) is 0 Å². The molecule has 0 spiro atoms. The van der Waals surface area contributed by atoms with E-state index in [-0.39, 0.29) is 0 Å². The van der Waals surface area contributed by atoms with Crippen molar-refractivity contribution in [2.75, 3.05) is 6.16 Å². The first-order chi connectivity index (χ1) is 7.81. The third-order valence-electron chi connectivity index (χ3n) is 4.30.